The molecule has 1 aromatic heterocycles. The molecule has 0 aliphatic heterocycles. The third kappa shape index (κ3) is 4.08. The standard InChI is InChI=1S/C13H21N3O3/c1-4-10(5-2)8-14-11(17)9-16-7-6-12(18)15(3)13(16)19/h6-7,10H,4-5,8-9H2,1-3H3,(H,14,17). The molecule has 0 saturated carbocycles. The van der Waals surface area contributed by atoms with Gasteiger partial charge in [0.2, 0.25) is 5.91 Å². The summed E-state index contributed by atoms with van der Waals surface area (Å²) in [5.41, 5.74) is -0.858. The molecule has 0 aliphatic rings. The maximum Gasteiger partial charge on any atom is 0.331 e. The molecule has 0 aromatic carbocycles. The predicted octanol–water partition coefficient (Wildman–Crippen LogP) is 0.0994. The summed E-state index contributed by atoms with van der Waals surface area (Å²) in [6.07, 6.45) is 3.37. The fraction of sp³-hybridized carbons (Fsp3) is 0.615. The van der Waals surface area contributed by atoms with Crippen LogP contribution in [-0.2, 0) is 18.4 Å². The molecule has 1 aromatic rings. The van der Waals surface area contributed by atoms with Crippen LogP contribution in [0.25, 0.3) is 0 Å². The molecule has 19 heavy (non-hydrogen) atoms. The number of carbonyl (C=O) groups is 1. The van der Waals surface area contributed by atoms with Crippen molar-refractivity contribution in [1.82, 2.24) is 14.5 Å². The van der Waals surface area contributed by atoms with Gasteiger partial charge in [0.15, 0.2) is 0 Å². The van der Waals surface area contributed by atoms with Gasteiger partial charge in [0, 0.05) is 25.9 Å². The molecule has 0 saturated heterocycles. The highest BCUT2D eigenvalue weighted by Crippen LogP contribution is 2.04. The van der Waals surface area contributed by atoms with Gasteiger partial charge in [0.25, 0.3) is 5.56 Å². The van der Waals surface area contributed by atoms with E-state index in [0.717, 1.165) is 17.4 Å². The fourth-order valence-electron chi connectivity index (χ4n) is 1.78. The van der Waals surface area contributed by atoms with Crippen LogP contribution in [0.5, 0.6) is 0 Å². The Kier molecular flexibility index (Phi) is 5.54. The first-order chi connectivity index (χ1) is 8.99. The van der Waals surface area contributed by atoms with Gasteiger partial charge in [-0.15, -0.1) is 0 Å². The zero-order chi connectivity index (χ0) is 14.4. The van der Waals surface area contributed by atoms with E-state index >= 15 is 0 Å². The van der Waals surface area contributed by atoms with Crippen molar-refractivity contribution in [2.24, 2.45) is 13.0 Å². The number of rotatable bonds is 6. The highest BCUT2D eigenvalue weighted by molar-refractivity contribution is 5.75. The first-order valence-corrected chi connectivity index (χ1v) is 6.52. The first-order valence-electron chi connectivity index (χ1n) is 6.52. The highest BCUT2D eigenvalue weighted by atomic mass is 16.2. The molecule has 0 aliphatic carbocycles. The van der Waals surface area contributed by atoms with Crippen molar-refractivity contribution in [3.8, 4) is 0 Å². The number of hydrogen-bond donors (Lipinski definition) is 1. The summed E-state index contributed by atoms with van der Waals surface area (Å²) in [7, 11) is 1.39. The fourth-order valence-corrected chi connectivity index (χ4v) is 1.78. The van der Waals surface area contributed by atoms with Crippen LogP contribution in [-0.4, -0.2) is 21.6 Å². The van der Waals surface area contributed by atoms with Gasteiger partial charge in [0.1, 0.15) is 6.54 Å². The summed E-state index contributed by atoms with van der Waals surface area (Å²) in [5, 5.41) is 2.81. The van der Waals surface area contributed by atoms with Crippen molar-refractivity contribution in [1.29, 1.82) is 0 Å². The molecule has 0 unspecified atom stereocenters. The lowest BCUT2D eigenvalue weighted by Crippen LogP contribution is -2.40. The van der Waals surface area contributed by atoms with Gasteiger partial charge in [-0.05, 0) is 5.92 Å². The van der Waals surface area contributed by atoms with Crippen molar-refractivity contribution in [2.45, 2.75) is 33.2 Å². The van der Waals surface area contributed by atoms with Crippen molar-refractivity contribution in [2.75, 3.05) is 6.54 Å². The molecule has 0 bridgehead atoms. The van der Waals surface area contributed by atoms with Crippen molar-refractivity contribution in [3.05, 3.63) is 33.1 Å². The van der Waals surface area contributed by atoms with Gasteiger partial charge in [-0.2, -0.15) is 0 Å². The van der Waals surface area contributed by atoms with Gasteiger partial charge in [-0.3, -0.25) is 18.7 Å². The van der Waals surface area contributed by atoms with Crippen LogP contribution in [0.1, 0.15) is 26.7 Å². The van der Waals surface area contributed by atoms with E-state index in [-0.39, 0.29) is 18.0 Å². The topological polar surface area (TPSA) is 73.1 Å². The Bertz CT molecular complexity index is 541. The number of nitrogens with zero attached hydrogens (tertiary/aromatic N) is 2. The molecule has 6 nitrogen and oxygen atoms in total. The zero-order valence-electron chi connectivity index (χ0n) is 11.7. The predicted molar refractivity (Wildman–Crippen MR) is 73.0 cm³/mol. The van der Waals surface area contributed by atoms with E-state index < -0.39 is 5.69 Å². The lowest BCUT2D eigenvalue weighted by Gasteiger charge is -2.13. The van der Waals surface area contributed by atoms with E-state index in [1.165, 1.54) is 23.9 Å². The number of amides is 1. The highest BCUT2D eigenvalue weighted by Gasteiger charge is 2.09. The smallest absolute Gasteiger partial charge is 0.331 e. The van der Waals surface area contributed by atoms with Gasteiger partial charge < -0.3 is 5.32 Å². The lowest BCUT2D eigenvalue weighted by molar-refractivity contribution is -0.121. The van der Waals surface area contributed by atoms with Crippen molar-refractivity contribution < 1.29 is 4.79 Å². The Morgan fingerprint density at radius 1 is 1.32 bits per heavy atom. The quantitative estimate of drug-likeness (QED) is 0.794. The first kappa shape index (κ1) is 15.2. The van der Waals surface area contributed by atoms with Crippen molar-refractivity contribution in [3.63, 3.8) is 0 Å². The van der Waals surface area contributed by atoms with Crippen LogP contribution in [0.3, 0.4) is 0 Å². The molecule has 1 N–H and O–H groups in total. The summed E-state index contributed by atoms with van der Waals surface area (Å²) < 4.78 is 2.21. The van der Waals surface area contributed by atoms with Crippen LogP contribution in [0.15, 0.2) is 21.9 Å². The second-order valence-corrected chi connectivity index (χ2v) is 4.61. The lowest BCUT2D eigenvalue weighted by atomic mass is 10.0. The van der Waals surface area contributed by atoms with Crippen LogP contribution in [0, 0.1) is 5.92 Å². The summed E-state index contributed by atoms with van der Waals surface area (Å²) in [4.78, 5) is 34.7. The van der Waals surface area contributed by atoms with Gasteiger partial charge in [-0.1, -0.05) is 26.7 Å². The number of aromatic nitrogens is 2. The number of carbonyl (C=O) groups excluding carboxylic acids is 1. The third-order valence-corrected chi connectivity index (χ3v) is 3.32. The zero-order valence-corrected chi connectivity index (χ0v) is 11.7. The Hall–Kier alpha value is -1.85. The van der Waals surface area contributed by atoms with Crippen LogP contribution >= 0.6 is 0 Å². The van der Waals surface area contributed by atoms with Gasteiger partial charge in [0.05, 0.1) is 0 Å². The van der Waals surface area contributed by atoms with Gasteiger partial charge >= 0.3 is 5.69 Å². The normalized spacial score (nSPS) is 10.7. The number of nitrogens with one attached hydrogen (secondary N) is 1. The third-order valence-electron chi connectivity index (χ3n) is 3.32. The minimum Gasteiger partial charge on any atom is -0.354 e. The molecule has 0 spiro atoms. The maximum atomic E-state index is 11.7. The van der Waals surface area contributed by atoms with E-state index in [1.807, 2.05) is 0 Å². The molecule has 1 amide bonds. The molecule has 6 heteroatoms. The van der Waals surface area contributed by atoms with Crippen molar-refractivity contribution >= 4 is 5.91 Å². The van der Waals surface area contributed by atoms with E-state index in [9.17, 15) is 14.4 Å². The van der Waals surface area contributed by atoms with E-state index in [0.29, 0.717) is 12.5 Å². The Balaban J connectivity index is 2.66. The SMILES string of the molecule is CCC(CC)CNC(=O)Cn1ccc(=O)n(C)c1=O. The largest absolute Gasteiger partial charge is 0.354 e. The average Bonchev–Trinajstić information content (AvgIpc) is 2.40. The summed E-state index contributed by atoms with van der Waals surface area (Å²) in [5.74, 6) is 0.244. The average molecular weight is 267 g/mol. The Morgan fingerprint density at radius 2 is 1.95 bits per heavy atom. The molecule has 1 rings (SSSR count). The van der Waals surface area contributed by atoms with Crippen LogP contribution in [0.2, 0.25) is 0 Å². The molecular formula is C13H21N3O3. The summed E-state index contributed by atoms with van der Waals surface area (Å²) in [6.45, 7) is 4.72. The van der Waals surface area contributed by atoms with Gasteiger partial charge in [-0.25, -0.2) is 4.79 Å². The monoisotopic (exact) mass is 267 g/mol. The second-order valence-electron chi connectivity index (χ2n) is 4.61. The minimum atomic E-state index is -0.481. The molecular weight excluding hydrogens is 246 g/mol. The van der Waals surface area contributed by atoms with E-state index in [4.69, 9.17) is 0 Å². The molecule has 106 valence electrons. The Labute approximate surface area is 112 Å². The summed E-state index contributed by atoms with van der Waals surface area (Å²) in [6, 6.07) is 1.27. The molecule has 1 heterocycles. The molecule has 0 radical (unpaired) electrons. The van der Waals surface area contributed by atoms with Crippen LogP contribution in [0.4, 0.5) is 0 Å². The summed E-state index contributed by atoms with van der Waals surface area (Å²) >= 11 is 0. The molecule has 0 fully saturated rings. The second kappa shape index (κ2) is 6.92. The maximum absolute atomic E-state index is 11.7. The minimum absolute atomic E-state index is 0.0624. The number of hydrogen-bond acceptors (Lipinski definition) is 3. The van der Waals surface area contributed by atoms with Crippen LogP contribution < -0.4 is 16.6 Å². The van der Waals surface area contributed by atoms with E-state index in [2.05, 4.69) is 19.2 Å². The van der Waals surface area contributed by atoms with E-state index in [1.54, 1.807) is 0 Å². The molecule has 0 atom stereocenters. The Morgan fingerprint density at radius 3 is 2.53 bits per heavy atom.